The molecule has 0 radical (unpaired) electrons. The predicted molar refractivity (Wildman–Crippen MR) is 133 cm³/mol. The normalized spacial score (nSPS) is 27.8. The molecular formula is C28H35NO7. The van der Waals surface area contributed by atoms with E-state index in [9.17, 15) is 34.8 Å². The lowest BCUT2D eigenvalue weighted by molar-refractivity contribution is -0.155. The largest absolute Gasteiger partial charge is 0.508 e. The van der Waals surface area contributed by atoms with E-state index in [1.54, 1.807) is 13.8 Å². The number of rotatable bonds is 7. The van der Waals surface area contributed by atoms with Crippen molar-refractivity contribution in [2.24, 2.45) is 29.4 Å². The molecule has 1 fully saturated rings. The number of amides is 1. The van der Waals surface area contributed by atoms with Crippen LogP contribution in [0.25, 0.3) is 5.76 Å². The van der Waals surface area contributed by atoms with Gasteiger partial charge in [-0.15, -0.1) is 0 Å². The molecule has 0 heterocycles. The molecule has 6 N–H and O–H groups in total. The van der Waals surface area contributed by atoms with Gasteiger partial charge in [0.1, 0.15) is 22.8 Å². The van der Waals surface area contributed by atoms with Crippen LogP contribution in [0.3, 0.4) is 0 Å². The fourth-order valence-electron chi connectivity index (χ4n) is 6.53. The van der Waals surface area contributed by atoms with E-state index in [1.165, 1.54) is 6.07 Å². The Kier molecular flexibility index (Phi) is 6.77. The number of ketones is 2. The summed E-state index contributed by atoms with van der Waals surface area (Å²) in [6, 6.07) is 3.33. The first-order valence-electron chi connectivity index (χ1n) is 12.8. The molecule has 36 heavy (non-hydrogen) atoms. The van der Waals surface area contributed by atoms with Gasteiger partial charge in [0, 0.05) is 17.4 Å². The zero-order valence-corrected chi connectivity index (χ0v) is 21.0. The summed E-state index contributed by atoms with van der Waals surface area (Å²) in [6.07, 6.45) is 5.46. The topological polar surface area (TPSA) is 158 Å². The average Bonchev–Trinajstić information content (AvgIpc) is 2.80. The molecule has 4 rings (SSSR count). The first-order valence-corrected chi connectivity index (χ1v) is 12.8. The van der Waals surface area contributed by atoms with Crippen LogP contribution >= 0.6 is 0 Å². The van der Waals surface area contributed by atoms with Gasteiger partial charge in [-0.2, -0.15) is 0 Å². The molecular weight excluding hydrogens is 462 g/mol. The minimum absolute atomic E-state index is 0.105. The molecule has 8 heteroatoms. The number of aliphatic hydroxyl groups excluding tert-OH is 2. The van der Waals surface area contributed by atoms with Crippen molar-refractivity contribution >= 4 is 23.2 Å². The zero-order chi connectivity index (χ0) is 26.5. The minimum atomic E-state index is -2.57. The monoisotopic (exact) mass is 497 g/mol. The van der Waals surface area contributed by atoms with Gasteiger partial charge in [0.2, 0.25) is 5.78 Å². The van der Waals surface area contributed by atoms with Gasteiger partial charge in [-0.1, -0.05) is 46.1 Å². The van der Waals surface area contributed by atoms with E-state index in [0.717, 1.165) is 43.2 Å². The highest BCUT2D eigenvalue weighted by Gasteiger charge is 2.64. The van der Waals surface area contributed by atoms with E-state index in [2.05, 4.69) is 6.92 Å². The summed E-state index contributed by atoms with van der Waals surface area (Å²) < 4.78 is 0. The van der Waals surface area contributed by atoms with Crippen LogP contribution in [0.1, 0.15) is 69.6 Å². The molecule has 3 aliphatic rings. The van der Waals surface area contributed by atoms with Gasteiger partial charge < -0.3 is 26.2 Å². The van der Waals surface area contributed by atoms with Gasteiger partial charge in [-0.05, 0) is 54.7 Å². The molecule has 0 unspecified atom stereocenters. The number of fused-ring (bicyclic) bond motifs is 3. The Labute approximate surface area is 210 Å². The lowest BCUT2D eigenvalue weighted by Crippen LogP contribution is -2.62. The Morgan fingerprint density at radius 3 is 2.44 bits per heavy atom. The number of phenols is 1. The molecule has 3 aliphatic carbocycles. The van der Waals surface area contributed by atoms with E-state index in [-0.39, 0.29) is 29.2 Å². The summed E-state index contributed by atoms with van der Waals surface area (Å²) in [5.74, 6) is -7.31. The predicted octanol–water partition coefficient (Wildman–Crippen LogP) is 3.43. The molecule has 0 aliphatic heterocycles. The quantitative estimate of drug-likeness (QED) is 0.285. The molecule has 1 aromatic carbocycles. The maximum absolute atomic E-state index is 13.8. The second-order valence-electron chi connectivity index (χ2n) is 10.7. The van der Waals surface area contributed by atoms with Gasteiger partial charge in [0.15, 0.2) is 11.4 Å². The van der Waals surface area contributed by atoms with Gasteiger partial charge >= 0.3 is 0 Å². The fourth-order valence-corrected chi connectivity index (χ4v) is 6.53. The van der Waals surface area contributed by atoms with Crippen LogP contribution < -0.4 is 5.73 Å². The highest BCUT2D eigenvalue weighted by atomic mass is 16.3. The third kappa shape index (κ3) is 3.74. The SMILES string of the molecule is CCCCCCc1ccc(O)c2c1C[C@H]1C[C@H]3[C@H](C(C)C)C(=O)C(C(N)=O)=C(O)[C@@]3(O)C(=O)C1=C2O. The summed E-state index contributed by atoms with van der Waals surface area (Å²) in [5.41, 5.74) is 3.82. The molecule has 0 spiro atoms. The fraction of sp³-hybridized carbons (Fsp3) is 0.536. The van der Waals surface area contributed by atoms with Crippen molar-refractivity contribution in [1.29, 1.82) is 0 Å². The number of carbonyl (C=O) groups excluding carboxylic acids is 3. The number of aliphatic hydroxyl groups is 3. The number of nitrogens with two attached hydrogens (primary N) is 1. The smallest absolute Gasteiger partial charge is 0.255 e. The average molecular weight is 498 g/mol. The lowest BCUT2D eigenvalue weighted by Gasteiger charge is -2.50. The van der Waals surface area contributed by atoms with Crippen molar-refractivity contribution < 1.29 is 34.8 Å². The van der Waals surface area contributed by atoms with Crippen molar-refractivity contribution in [3.05, 3.63) is 45.7 Å². The van der Waals surface area contributed by atoms with Gasteiger partial charge in [0.05, 0.1) is 5.56 Å². The number of primary amides is 1. The lowest BCUT2D eigenvalue weighted by atomic mass is 9.54. The van der Waals surface area contributed by atoms with Gasteiger partial charge in [-0.25, -0.2) is 0 Å². The van der Waals surface area contributed by atoms with Crippen molar-refractivity contribution in [2.45, 2.75) is 71.3 Å². The molecule has 8 nitrogen and oxygen atoms in total. The summed E-state index contributed by atoms with van der Waals surface area (Å²) in [5, 5.41) is 44.4. The number of carbonyl (C=O) groups is 3. The highest BCUT2D eigenvalue weighted by Crippen LogP contribution is 2.54. The number of hydrogen-bond acceptors (Lipinski definition) is 7. The third-order valence-corrected chi connectivity index (χ3v) is 8.25. The van der Waals surface area contributed by atoms with Crippen molar-refractivity contribution in [3.63, 3.8) is 0 Å². The van der Waals surface area contributed by atoms with E-state index < -0.39 is 57.9 Å². The van der Waals surface area contributed by atoms with Crippen LogP contribution in [0, 0.1) is 23.7 Å². The molecule has 1 amide bonds. The minimum Gasteiger partial charge on any atom is -0.508 e. The van der Waals surface area contributed by atoms with Crippen LogP contribution in [0.15, 0.2) is 29.0 Å². The van der Waals surface area contributed by atoms with Crippen LogP contribution in [-0.2, 0) is 27.2 Å². The Bertz CT molecular complexity index is 1190. The first kappa shape index (κ1) is 25.9. The Morgan fingerprint density at radius 2 is 1.83 bits per heavy atom. The number of Topliss-reactive ketones (excluding diaryl/α,β-unsaturated/α-hetero) is 2. The third-order valence-electron chi connectivity index (χ3n) is 8.25. The van der Waals surface area contributed by atoms with E-state index >= 15 is 0 Å². The van der Waals surface area contributed by atoms with Gasteiger partial charge in [0.25, 0.3) is 5.91 Å². The summed E-state index contributed by atoms with van der Waals surface area (Å²) in [4.78, 5) is 39.1. The number of hydrogen-bond donors (Lipinski definition) is 5. The summed E-state index contributed by atoms with van der Waals surface area (Å²) >= 11 is 0. The van der Waals surface area contributed by atoms with Crippen LogP contribution in [0.5, 0.6) is 5.75 Å². The van der Waals surface area contributed by atoms with E-state index in [0.29, 0.717) is 6.42 Å². The standard InChI is InChI=1S/C28H35NO7/c1-4-5-6-7-8-14-9-10-18(30)21-16(14)11-15-12-17-19(13(2)3)23(31)22(27(29)35)26(34)28(17,36)25(33)20(15)24(21)32/h9-10,13,15,17,19,30,32,34,36H,4-8,11-12H2,1-3H3,(H2,29,35)/t15-,17-,19-,28-/m0/s1. The Hall–Kier alpha value is -3.13. The second-order valence-corrected chi connectivity index (χ2v) is 10.7. The van der Waals surface area contributed by atoms with Crippen LogP contribution in [0.4, 0.5) is 0 Å². The summed E-state index contributed by atoms with van der Waals surface area (Å²) in [6.45, 7) is 5.63. The number of unbranched alkanes of at least 4 members (excludes halogenated alkanes) is 3. The highest BCUT2D eigenvalue weighted by molar-refractivity contribution is 6.23. The molecule has 0 aromatic heterocycles. The zero-order valence-electron chi connectivity index (χ0n) is 21.0. The molecule has 0 saturated heterocycles. The maximum Gasteiger partial charge on any atom is 0.255 e. The molecule has 4 atom stereocenters. The van der Waals surface area contributed by atoms with E-state index in [4.69, 9.17) is 5.73 Å². The molecule has 1 aromatic rings. The number of aryl methyl sites for hydroxylation is 1. The first-order chi connectivity index (χ1) is 17.0. The Balaban J connectivity index is 1.86. The molecule has 1 saturated carbocycles. The van der Waals surface area contributed by atoms with E-state index in [1.807, 2.05) is 6.07 Å². The number of benzene rings is 1. The molecule has 0 bridgehead atoms. The van der Waals surface area contributed by atoms with Crippen LogP contribution in [-0.4, -0.2) is 43.5 Å². The summed E-state index contributed by atoms with van der Waals surface area (Å²) in [7, 11) is 0. The Morgan fingerprint density at radius 1 is 1.14 bits per heavy atom. The second kappa shape index (κ2) is 9.39. The van der Waals surface area contributed by atoms with Gasteiger partial charge in [-0.3, -0.25) is 14.4 Å². The number of phenolic OH excluding ortho intramolecular Hbond substituents is 1. The van der Waals surface area contributed by atoms with Crippen molar-refractivity contribution in [2.75, 3.05) is 0 Å². The van der Waals surface area contributed by atoms with Crippen molar-refractivity contribution in [3.8, 4) is 5.75 Å². The van der Waals surface area contributed by atoms with Crippen molar-refractivity contribution in [1.82, 2.24) is 0 Å². The maximum atomic E-state index is 13.8. The number of aromatic hydroxyl groups is 1. The molecule has 194 valence electrons. The van der Waals surface area contributed by atoms with Crippen LogP contribution in [0.2, 0.25) is 0 Å².